The van der Waals surface area contributed by atoms with Gasteiger partial charge in [-0.3, -0.25) is 9.59 Å². The van der Waals surface area contributed by atoms with Gasteiger partial charge >= 0.3 is 0 Å². The van der Waals surface area contributed by atoms with Gasteiger partial charge in [0.05, 0.1) is 22.5 Å². The molecule has 2 amide bonds. The van der Waals surface area contributed by atoms with Crippen LogP contribution >= 0.6 is 35.6 Å². The molecule has 0 aromatic heterocycles. The van der Waals surface area contributed by atoms with Gasteiger partial charge < -0.3 is 16.4 Å². The molecule has 8 heteroatoms. The van der Waals surface area contributed by atoms with Crippen molar-refractivity contribution in [1.29, 1.82) is 0 Å². The van der Waals surface area contributed by atoms with E-state index in [1.165, 1.54) is 4.90 Å². The number of halogens is 3. The average molecular weight is 341 g/mol. The van der Waals surface area contributed by atoms with Gasteiger partial charge in [-0.05, 0) is 11.6 Å². The molecule has 0 spiro atoms. The summed E-state index contributed by atoms with van der Waals surface area (Å²) in [6.45, 7) is 0.255. The normalized spacial score (nSPS) is 11.4. The van der Waals surface area contributed by atoms with Crippen LogP contribution in [-0.2, 0) is 16.1 Å². The van der Waals surface area contributed by atoms with Crippen molar-refractivity contribution in [3.8, 4) is 0 Å². The molecule has 4 N–H and O–H groups in total. The van der Waals surface area contributed by atoms with Crippen molar-refractivity contribution >= 4 is 47.4 Å². The summed E-state index contributed by atoms with van der Waals surface area (Å²) in [4.78, 5) is 24.0. The number of nitrogens with zero attached hydrogens (tertiary/aromatic N) is 1. The molecule has 0 aliphatic rings. The highest BCUT2D eigenvalue weighted by Gasteiger charge is 2.20. The van der Waals surface area contributed by atoms with Gasteiger partial charge in [-0.15, -0.1) is 12.4 Å². The zero-order chi connectivity index (χ0) is 14.6. The molecule has 1 unspecified atom stereocenters. The molecular formula is C12H16Cl3N3O2. The van der Waals surface area contributed by atoms with E-state index in [1.54, 1.807) is 25.2 Å². The van der Waals surface area contributed by atoms with E-state index in [2.05, 4.69) is 0 Å². The van der Waals surface area contributed by atoms with E-state index in [9.17, 15) is 9.59 Å². The largest absolute Gasteiger partial charge is 0.370 e. The first kappa shape index (κ1) is 19.0. The molecule has 0 fully saturated rings. The highest BCUT2D eigenvalue weighted by Crippen LogP contribution is 2.26. The second kappa shape index (κ2) is 8.32. The Morgan fingerprint density at radius 2 is 1.95 bits per heavy atom. The SMILES string of the molecule is CN(Cc1cccc(Cl)c1Cl)C(=O)C(N)CC(N)=O.Cl. The summed E-state index contributed by atoms with van der Waals surface area (Å²) in [5.41, 5.74) is 11.3. The predicted molar refractivity (Wildman–Crippen MR) is 82.0 cm³/mol. The van der Waals surface area contributed by atoms with Crippen molar-refractivity contribution in [2.45, 2.75) is 19.0 Å². The molecule has 1 rings (SSSR count). The molecule has 0 saturated heterocycles. The predicted octanol–water partition coefficient (Wildman–Crippen LogP) is 1.58. The van der Waals surface area contributed by atoms with Crippen LogP contribution < -0.4 is 11.5 Å². The fraction of sp³-hybridized carbons (Fsp3) is 0.333. The minimum atomic E-state index is -0.944. The number of hydrogen-bond acceptors (Lipinski definition) is 3. The molecule has 0 aliphatic carbocycles. The zero-order valence-corrected chi connectivity index (χ0v) is 13.1. The number of primary amides is 1. The first-order valence-corrected chi connectivity index (χ1v) is 6.30. The third-order valence-electron chi connectivity index (χ3n) is 2.55. The lowest BCUT2D eigenvalue weighted by Crippen LogP contribution is -2.43. The number of carbonyl (C=O) groups excluding carboxylic acids is 2. The molecule has 1 aromatic carbocycles. The van der Waals surface area contributed by atoms with Gasteiger partial charge in [-0.1, -0.05) is 35.3 Å². The van der Waals surface area contributed by atoms with Gasteiger partial charge in [0.15, 0.2) is 0 Å². The highest BCUT2D eigenvalue weighted by molar-refractivity contribution is 6.42. The highest BCUT2D eigenvalue weighted by atomic mass is 35.5. The third kappa shape index (κ3) is 5.17. The summed E-state index contributed by atoms with van der Waals surface area (Å²) in [6.07, 6.45) is -0.188. The summed E-state index contributed by atoms with van der Waals surface area (Å²) < 4.78 is 0. The Balaban J connectivity index is 0.00000361. The second-order valence-corrected chi connectivity index (χ2v) is 4.97. The first-order valence-electron chi connectivity index (χ1n) is 5.54. The van der Waals surface area contributed by atoms with E-state index in [-0.39, 0.29) is 31.3 Å². The summed E-state index contributed by atoms with van der Waals surface area (Å²) in [6, 6.07) is 4.22. The number of amides is 2. The molecule has 0 saturated carbocycles. The Hall–Kier alpha value is -1.01. The standard InChI is InChI=1S/C12H15Cl2N3O2.ClH/c1-17(12(19)9(15)5-10(16)18)6-7-3-2-4-8(13)11(7)14;/h2-4,9H,5-6,15H2,1H3,(H2,16,18);1H. The van der Waals surface area contributed by atoms with Crippen molar-refractivity contribution in [3.63, 3.8) is 0 Å². The smallest absolute Gasteiger partial charge is 0.240 e. The fourth-order valence-corrected chi connectivity index (χ4v) is 1.97. The summed E-state index contributed by atoms with van der Waals surface area (Å²) >= 11 is 11.9. The van der Waals surface area contributed by atoms with Crippen LogP contribution in [0.3, 0.4) is 0 Å². The number of hydrogen-bond donors (Lipinski definition) is 2. The minimum absolute atomic E-state index is 0. The Labute approximate surface area is 133 Å². The number of rotatable bonds is 5. The van der Waals surface area contributed by atoms with Crippen LogP contribution in [0.15, 0.2) is 18.2 Å². The third-order valence-corrected chi connectivity index (χ3v) is 3.41. The molecular weight excluding hydrogens is 325 g/mol. The number of benzene rings is 1. The van der Waals surface area contributed by atoms with E-state index >= 15 is 0 Å². The quantitative estimate of drug-likeness (QED) is 0.852. The minimum Gasteiger partial charge on any atom is -0.370 e. The molecule has 0 heterocycles. The maximum atomic E-state index is 11.9. The number of nitrogens with two attached hydrogens (primary N) is 2. The Kier molecular flexibility index (Phi) is 7.90. The van der Waals surface area contributed by atoms with Crippen LogP contribution in [0.5, 0.6) is 0 Å². The van der Waals surface area contributed by atoms with Crippen LogP contribution in [0.1, 0.15) is 12.0 Å². The van der Waals surface area contributed by atoms with E-state index < -0.39 is 11.9 Å². The van der Waals surface area contributed by atoms with Crippen LogP contribution in [0.2, 0.25) is 10.0 Å². The van der Waals surface area contributed by atoms with Crippen molar-refractivity contribution in [2.75, 3.05) is 7.05 Å². The molecule has 1 aromatic rings. The molecule has 0 bridgehead atoms. The van der Waals surface area contributed by atoms with Crippen LogP contribution in [-0.4, -0.2) is 29.8 Å². The lowest BCUT2D eigenvalue weighted by atomic mass is 10.1. The molecule has 0 radical (unpaired) electrons. The Morgan fingerprint density at radius 3 is 2.50 bits per heavy atom. The maximum absolute atomic E-state index is 11.9. The van der Waals surface area contributed by atoms with Gasteiger partial charge in [0.25, 0.3) is 0 Å². The number of carbonyl (C=O) groups is 2. The van der Waals surface area contributed by atoms with E-state index in [4.69, 9.17) is 34.7 Å². The Bertz CT molecular complexity index is 497. The average Bonchev–Trinajstić information content (AvgIpc) is 2.33. The topological polar surface area (TPSA) is 89.4 Å². The van der Waals surface area contributed by atoms with Gasteiger partial charge in [0.2, 0.25) is 11.8 Å². The van der Waals surface area contributed by atoms with Crippen molar-refractivity contribution < 1.29 is 9.59 Å². The molecule has 1 atom stereocenters. The van der Waals surface area contributed by atoms with E-state index in [0.29, 0.717) is 15.6 Å². The molecule has 0 aliphatic heterocycles. The lowest BCUT2D eigenvalue weighted by Gasteiger charge is -2.21. The lowest BCUT2D eigenvalue weighted by molar-refractivity contribution is -0.133. The van der Waals surface area contributed by atoms with Crippen molar-refractivity contribution in [2.24, 2.45) is 11.5 Å². The second-order valence-electron chi connectivity index (χ2n) is 4.18. The monoisotopic (exact) mass is 339 g/mol. The van der Waals surface area contributed by atoms with Crippen LogP contribution in [0.4, 0.5) is 0 Å². The molecule has 20 heavy (non-hydrogen) atoms. The molecule has 5 nitrogen and oxygen atoms in total. The summed E-state index contributed by atoms with van der Waals surface area (Å²) in [5, 5.41) is 0.814. The number of likely N-dealkylation sites (N-methyl/N-ethyl adjacent to an activating group) is 1. The maximum Gasteiger partial charge on any atom is 0.240 e. The van der Waals surface area contributed by atoms with E-state index in [0.717, 1.165) is 0 Å². The van der Waals surface area contributed by atoms with Gasteiger partial charge in [-0.25, -0.2) is 0 Å². The van der Waals surface area contributed by atoms with Gasteiger partial charge in [-0.2, -0.15) is 0 Å². The fourth-order valence-electron chi connectivity index (χ4n) is 1.59. The van der Waals surface area contributed by atoms with Crippen molar-refractivity contribution in [3.05, 3.63) is 33.8 Å². The first-order chi connectivity index (χ1) is 8.82. The van der Waals surface area contributed by atoms with E-state index in [1.807, 2.05) is 0 Å². The van der Waals surface area contributed by atoms with Crippen molar-refractivity contribution in [1.82, 2.24) is 4.90 Å². The Morgan fingerprint density at radius 1 is 1.35 bits per heavy atom. The van der Waals surface area contributed by atoms with Crippen LogP contribution in [0, 0.1) is 0 Å². The summed E-state index contributed by atoms with van der Waals surface area (Å²) in [7, 11) is 1.57. The van der Waals surface area contributed by atoms with Gasteiger partial charge in [0, 0.05) is 13.6 Å². The van der Waals surface area contributed by atoms with Crippen LogP contribution in [0.25, 0.3) is 0 Å². The zero-order valence-electron chi connectivity index (χ0n) is 10.8. The summed E-state index contributed by atoms with van der Waals surface area (Å²) in [5.74, 6) is -0.995. The van der Waals surface area contributed by atoms with Gasteiger partial charge in [0.1, 0.15) is 0 Å². The molecule has 112 valence electrons.